The number of hydrogen-bond donors (Lipinski definition) is 0. The van der Waals surface area contributed by atoms with Crippen LogP contribution < -0.4 is 9.47 Å². The summed E-state index contributed by atoms with van der Waals surface area (Å²) in [6, 6.07) is 5.61. The summed E-state index contributed by atoms with van der Waals surface area (Å²) in [7, 11) is 0. The summed E-state index contributed by atoms with van der Waals surface area (Å²) in [5, 5.41) is 0. The second kappa shape index (κ2) is 7.27. The molecule has 0 saturated heterocycles. The monoisotopic (exact) mass is 324 g/mol. The molecule has 0 amide bonds. The van der Waals surface area contributed by atoms with Crippen LogP contribution in [0.4, 0.5) is 0 Å². The van der Waals surface area contributed by atoms with Gasteiger partial charge >= 0.3 is 5.97 Å². The lowest BCUT2D eigenvalue weighted by atomic mass is 10.0. The Bertz CT molecular complexity index is 522. The van der Waals surface area contributed by atoms with Crippen molar-refractivity contribution in [1.29, 1.82) is 0 Å². The van der Waals surface area contributed by atoms with Gasteiger partial charge in [-0.1, -0.05) is 26.8 Å². The number of hydrogen-bond acceptors (Lipinski definition) is 5. The molecule has 1 atom stereocenters. The van der Waals surface area contributed by atoms with Gasteiger partial charge in [-0.15, -0.1) is 0 Å². The SMILES string of the molecule is CC(C(=O)OCCSC(C)(C)C)c1ccc2c(c1)OCCO2. The molecule has 1 unspecified atom stereocenters. The maximum Gasteiger partial charge on any atom is 0.313 e. The van der Waals surface area contributed by atoms with Gasteiger partial charge in [-0.25, -0.2) is 0 Å². The molecule has 1 aliphatic rings. The molecule has 22 heavy (non-hydrogen) atoms. The third-order valence-electron chi connectivity index (χ3n) is 3.28. The van der Waals surface area contributed by atoms with Gasteiger partial charge in [0.1, 0.15) is 19.8 Å². The molecule has 1 heterocycles. The largest absolute Gasteiger partial charge is 0.486 e. The molecule has 1 aromatic carbocycles. The van der Waals surface area contributed by atoms with Gasteiger partial charge in [-0.3, -0.25) is 4.79 Å². The van der Waals surface area contributed by atoms with Crippen molar-refractivity contribution in [2.45, 2.75) is 38.4 Å². The van der Waals surface area contributed by atoms with Crippen LogP contribution in [0.3, 0.4) is 0 Å². The average Bonchev–Trinajstić information content (AvgIpc) is 2.49. The highest BCUT2D eigenvalue weighted by Crippen LogP contribution is 2.33. The summed E-state index contributed by atoms with van der Waals surface area (Å²) in [5.41, 5.74) is 0.887. The first-order chi connectivity index (χ1) is 10.4. The maximum absolute atomic E-state index is 12.1. The lowest BCUT2D eigenvalue weighted by Crippen LogP contribution is -2.18. The van der Waals surface area contributed by atoms with Crippen LogP contribution in [0.15, 0.2) is 18.2 Å². The fraction of sp³-hybridized carbons (Fsp3) is 0.588. The molecule has 2 rings (SSSR count). The number of rotatable bonds is 5. The van der Waals surface area contributed by atoms with E-state index in [0.717, 1.165) is 17.1 Å². The molecule has 0 aliphatic carbocycles. The van der Waals surface area contributed by atoms with E-state index >= 15 is 0 Å². The Morgan fingerprint density at radius 1 is 1.27 bits per heavy atom. The van der Waals surface area contributed by atoms with Gasteiger partial charge in [-0.2, -0.15) is 11.8 Å². The Morgan fingerprint density at radius 2 is 1.95 bits per heavy atom. The molecule has 1 aliphatic heterocycles. The second-order valence-corrected chi connectivity index (χ2v) is 8.17. The number of benzene rings is 1. The highest BCUT2D eigenvalue weighted by Gasteiger charge is 2.20. The molecule has 4 nitrogen and oxygen atoms in total. The van der Waals surface area contributed by atoms with Crippen molar-refractivity contribution in [2.24, 2.45) is 0 Å². The van der Waals surface area contributed by atoms with Gasteiger partial charge in [0, 0.05) is 10.5 Å². The van der Waals surface area contributed by atoms with E-state index in [1.807, 2.05) is 25.1 Å². The maximum atomic E-state index is 12.1. The lowest BCUT2D eigenvalue weighted by molar-refractivity contribution is -0.144. The number of ether oxygens (including phenoxy) is 3. The average molecular weight is 324 g/mol. The van der Waals surface area contributed by atoms with Crippen LogP contribution >= 0.6 is 11.8 Å². The molecule has 0 N–H and O–H groups in total. The molecule has 0 saturated carbocycles. The van der Waals surface area contributed by atoms with Crippen LogP contribution in [0, 0.1) is 0 Å². The summed E-state index contributed by atoms with van der Waals surface area (Å²) in [5.74, 6) is 1.73. The van der Waals surface area contributed by atoms with E-state index in [9.17, 15) is 4.79 Å². The summed E-state index contributed by atoms with van der Waals surface area (Å²) >= 11 is 1.79. The van der Waals surface area contributed by atoms with Crippen molar-refractivity contribution < 1.29 is 19.0 Å². The Labute approximate surface area is 136 Å². The van der Waals surface area contributed by atoms with Crippen molar-refractivity contribution in [2.75, 3.05) is 25.6 Å². The van der Waals surface area contributed by atoms with E-state index in [-0.39, 0.29) is 16.6 Å². The van der Waals surface area contributed by atoms with E-state index in [0.29, 0.717) is 25.6 Å². The molecule has 122 valence electrons. The van der Waals surface area contributed by atoms with Gasteiger partial charge in [0.25, 0.3) is 0 Å². The van der Waals surface area contributed by atoms with E-state index < -0.39 is 0 Å². The van der Waals surface area contributed by atoms with Crippen molar-refractivity contribution in [1.82, 2.24) is 0 Å². The van der Waals surface area contributed by atoms with E-state index in [1.54, 1.807) is 11.8 Å². The van der Waals surface area contributed by atoms with Gasteiger partial charge in [0.05, 0.1) is 5.92 Å². The molecule has 5 heteroatoms. The molecular formula is C17H24O4S. The molecule has 1 aromatic rings. The minimum absolute atomic E-state index is 0.188. The quantitative estimate of drug-likeness (QED) is 0.611. The Hall–Kier alpha value is -1.36. The third kappa shape index (κ3) is 4.83. The first kappa shape index (κ1) is 17.0. The Balaban J connectivity index is 1.88. The highest BCUT2D eigenvalue weighted by atomic mass is 32.2. The summed E-state index contributed by atoms with van der Waals surface area (Å²) in [4.78, 5) is 12.1. The van der Waals surface area contributed by atoms with Crippen LogP contribution in [-0.2, 0) is 9.53 Å². The Kier molecular flexibility index (Phi) is 5.62. The number of fused-ring (bicyclic) bond motifs is 1. The van der Waals surface area contributed by atoms with Crippen LogP contribution in [0.25, 0.3) is 0 Å². The van der Waals surface area contributed by atoms with Gasteiger partial charge < -0.3 is 14.2 Å². The zero-order valence-electron chi connectivity index (χ0n) is 13.7. The van der Waals surface area contributed by atoms with E-state index in [2.05, 4.69) is 20.8 Å². The molecular weight excluding hydrogens is 300 g/mol. The fourth-order valence-corrected chi connectivity index (χ4v) is 2.86. The van der Waals surface area contributed by atoms with E-state index in [1.165, 1.54) is 0 Å². The zero-order chi connectivity index (χ0) is 16.2. The summed E-state index contributed by atoms with van der Waals surface area (Å²) < 4.78 is 16.6. The third-order valence-corrected chi connectivity index (χ3v) is 4.52. The fourth-order valence-electron chi connectivity index (χ4n) is 2.08. The number of esters is 1. The molecule has 0 aromatic heterocycles. The van der Waals surface area contributed by atoms with Crippen molar-refractivity contribution >= 4 is 17.7 Å². The Morgan fingerprint density at radius 3 is 2.64 bits per heavy atom. The van der Waals surface area contributed by atoms with Gasteiger partial charge in [-0.05, 0) is 24.6 Å². The number of thioether (sulfide) groups is 1. The summed E-state index contributed by atoms with van der Waals surface area (Å²) in [6.45, 7) is 9.85. The number of carbonyl (C=O) groups excluding carboxylic acids is 1. The zero-order valence-corrected chi connectivity index (χ0v) is 14.5. The van der Waals surface area contributed by atoms with Crippen LogP contribution in [0.1, 0.15) is 39.2 Å². The predicted octanol–water partition coefficient (Wildman–Crippen LogP) is 3.64. The van der Waals surface area contributed by atoms with Crippen LogP contribution in [0.2, 0.25) is 0 Å². The normalized spacial score (nSPS) is 15.3. The molecule has 0 bridgehead atoms. The van der Waals surface area contributed by atoms with Crippen molar-refractivity contribution in [3.05, 3.63) is 23.8 Å². The molecule has 0 fully saturated rings. The van der Waals surface area contributed by atoms with Gasteiger partial charge in [0.15, 0.2) is 11.5 Å². The topological polar surface area (TPSA) is 44.8 Å². The van der Waals surface area contributed by atoms with Crippen LogP contribution in [-0.4, -0.2) is 36.3 Å². The second-order valence-electron chi connectivity index (χ2n) is 6.25. The minimum atomic E-state index is -0.310. The molecule has 0 radical (unpaired) electrons. The summed E-state index contributed by atoms with van der Waals surface area (Å²) in [6.07, 6.45) is 0. The lowest BCUT2D eigenvalue weighted by Gasteiger charge is -2.20. The predicted molar refractivity (Wildman–Crippen MR) is 89.0 cm³/mol. The van der Waals surface area contributed by atoms with Crippen LogP contribution in [0.5, 0.6) is 11.5 Å². The standard InChI is InChI=1S/C17H24O4S/c1-12(16(18)21-9-10-22-17(2,3)4)13-5-6-14-15(11-13)20-8-7-19-14/h5-6,11-12H,7-10H2,1-4H3. The minimum Gasteiger partial charge on any atom is -0.486 e. The smallest absolute Gasteiger partial charge is 0.313 e. The van der Waals surface area contributed by atoms with Gasteiger partial charge in [0.2, 0.25) is 0 Å². The first-order valence-corrected chi connectivity index (χ1v) is 8.55. The first-order valence-electron chi connectivity index (χ1n) is 7.57. The van der Waals surface area contributed by atoms with Crippen molar-refractivity contribution in [3.8, 4) is 11.5 Å². The highest BCUT2D eigenvalue weighted by molar-refractivity contribution is 8.00. The molecule has 0 spiro atoms. The van der Waals surface area contributed by atoms with Crippen molar-refractivity contribution in [3.63, 3.8) is 0 Å². The number of carbonyl (C=O) groups is 1. The van der Waals surface area contributed by atoms with E-state index in [4.69, 9.17) is 14.2 Å².